The number of hydrogen-bond acceptors (Lipinski definition) is 6. The van der Waals surface area contributed by atoms with Gasteiger partial charge in [0.2, 0.25) is 0 Å². The molecule has 0 aliphatic heterocycles. The molecule has 23 heavy (non-hydrogen) atoms. The van der Waals surface area contributed by atoms with Crippen LogP contribution < -0.4 is 15.8 Å². The third-order valence-electron chi connectivity index (χ3n) is 3.41. The summed E-state index contributed by atoms with van der Waals surface area (Å²) in [5.74, 6) is 0.711. The maximum atomic E-state index is 13.5. The smallest absolute Gasteiger partial charge is 0.146 e. The van der Waals surface area contributed by atoms with Gasteiger partial charge in [-0.15, -0.1) is 11.3 Å². The monoisotopic (exact) mass is 332 g/mol. The number of ether oxygens (including phenoxy) is 1. The fourth-order valence-electron chi connectivity index (χ4n) is 2.20. The van der Waals surface area contributed by atoms with Crippen LogP contribution in [0.2, 0.25) is 0 Å². The standard InChI is InChI=1S/C16H17FN4OS/c1-9-7-23-16-14(9)15(19-8-20-16)21-12-4-3-11(17)5-13(12)22-10(2)6-18/h3-5,7-8,10H,6,18H2,1-2H3,(H,19,20,21). The minimum absolute atomic E-state index is 0.217. The maximum absolute atomic E-state index is 13.5. The van der Waals surface area contributed by atoms with Crippen molar-refractivity contribution in [3.05, 3.63) is 41.3 Å². The van der Waals surface area contributed by atoms with Crippen LogP contribution in [0.5, 0.6) is 5.75 Å². The van der Waals surface area contributed by atoms with Crippen molar-refractivity contribution in [3.8, 4) is 5.75 Å². The van der Waals surface area contributed by atoms with Crippen molar-refractivity contribution < 1.29 is 9.13 Å². The summed E-state index contributed by atoms with van der Waals surface area (Å²) in [5.41, 5.74) is 7.31. The molecule has 1 atom stereocenters. The molecule has 0 bridgehead atoms. The van der Waals surface area contributed by atoms with Crippen LogP contribution in [0.15, 0.2) is 29.9 Å². The zero-order chi connectivity index (χ0) is 16.4. The summed E-state index contributed by atoms with van der Waals surface area (Å²) >= 11 is 1.56. The van der Waals surface area contributed by atoms with E-state index in [0.29, 0.717) is 23.8 Å². The van der Waals surface area contributed by atoms with Gasteiger partial charge in [0.15, 0.2) is 0 Å². The van der Waals surface area contributed by atoms with Gasteiger partial charge in [-0.3, -0.25) is 0 Å². The zero-order valence-corrected chi connectivity index (χ0v) is 13.7. The third-order valence-corrected chi connectivity index (χ3v) is 4.42. The van der Waals surface area contributed by atoms with Crippen molar-refractivity contribution in [2.75, 3.05) is 11.9 Å². The van der Waals surface area contributed by atoms with Gasteiger partial charge in [0.1, 0.15) is 34.6 Å². The van der Waals surface area contributed by atoms with Gasteiger partial charge in [0, 0.05) is 12.6 Å². The Balaban J connectivity index is 2.00. The summed E-state index contributed by atoms with van der Waals surface area (Å²) in [6.07, 6.45) is 1.29. The first-order valence-corrected chi connectivity index (χ1v) is 8.08. The number of aromatic nitrogens is 2. The molecule has 0 amide bonds. The number of aryl methyl sites for hydroxylation is 1. The van der Waals surface area contributed by atoms with Gasteiger partial charge in [-0.1, -0.05) is 0 Å². The van der Waals surface area contributed by atoms with E-state index in [1.807, 2.05) is 19.2 Å². The van der Waals surface area contributed by atoms with Crippen molar-refractivity contribution >= 4 is 33.1 Å². The van der Waals surface area contributed by atoms with E-state index in [-0.39, 0.29) is 11.9 Å². The first kappa shape index (κ1) is 15.6. The number of rotatable bonds is 5. The number of benzene rings is 1. The molecule has 3 N–H and O–H groups in total. The van der Waals surface area contributed by atoms with E-state index >= 15 is 0 Å². The van der Waals surface area contributed by atoms with Crippen molar-refractivity contribution in [1.29, 1.82) is 0 Å². The summed E-state index contributed by atoms with van der Waals surface area (Å²) in [6.45, 7) is 4.18. The van der Waals surface area contributed by atoms with Gasteiger partial charge >= 0.3 is 0 Å². The first-order valence-electron chi connectivity index (χ1n) is 7.20. The highest BCUT2D eigenvalue weighted by Crippen LogP contribution is 2.34. The van der Waals surface area contributed by atoms with Crippen LogP contribution in [0.25, 0.3) is 10.2 Å². The molecule has 0 aliphatic rings. The van der Waals surface area contributed by atoms with E-state index in [0.717, 1.165) is 15.8 Å². The number of halogens is 1. The second kappa shape index (κ2) is 6.47. The lowest BCUT2D eigenvalue weighted by molar-refractivity contribution is 0.230. The van der Waals surface area contributed by atoms with Crippen LogP contribution in [0.3, 0.4) is 0 Å². The highest BCUT2D eigenvalue weighted by Gasteiger charge is 2.13. The maximum Gasteiger partial charge on any atom is 0.146 e. The molecule has 120 valence electrons. The first-order chi connectivity index (χ1) is 11.1. The second-order valence-electron chi connectivity index (χ2n) is 5.25. The highest BCUT2D eigenvalue weighted by molar-refractivity contribution is 7.17. The zero-order valence-electron chi connectivity index (χ0n) is 12.8. The summed E-state index contributed by atoms with van der Waals surface area (Å²) in [6, 6.07) is 4.35. The molecule has 0 spiro atoms. The minimum Gasteiger partial charge on any atom is -0.487 e. The Bertz CT molecular complexity index is 836. The van der Waals surface area contributed by atoms with Gasteiger partial charge in [-0.25, -0.2) is 14.4 Å². The van der Waals surface area contributed by atoms with E-state index in [9.17, 15) is 4.39 Å². The number of hydrogen-bond donors (Lipinski definition) is 2. The minimum atomic E-state index is -0.366. The lowest BCUT2D eigenvalue weighted by atomic mass is 10.2. The number of anilines is 2. The summed E-state index contributed by atoms with van der Waals surface area (Å²) in [5, 5.41) is 6.21. The Kier molecular flexibility index (Phi) is 4.40. The molecule has 7 heteroatoms. The predicted octanol–water partition coefficient (Wildman–Crippen LogP) is 3.61. The van der Waals surface area contributed by atoms with E-state index in [1.54, 1.807) is 17.4 Å². The Morgan fingerprint density at radius 3 is 3.00 bits per heavy atom. The number of thiophene rings is 1. The SMILES string of the molecule is Cc1csc2ncnc(Nc3ccc(F)cc3OC(C)CN)c12. The summed E-state index contributed by atoms with van der Waals surface area (Å²) in [4.78, 5) is 9.47. The Morgan fingerprint density at radius 1 is 1.39 bits per heavy atom. The Morgan fingerprint density at radius 2 is 2.22 bits per heavy atom. The molecule has 1 unspecified atom stereocenters. The van der Waals surface area contributed by atoms with Crippen molar-refractivity contribution in [1.82, 2.24) is 9.97 Å². The normalized spacial score (nSPS) is 12.3. The molecular weight excluding hydrogens is 315 g/mol. The third kappa shape index (κ3) is 3.25. The molecule has 0 radical (unpaired) electrons. The second-order valence-corrected chi connectivity index (χ2v) is 6.11. The number of nitrogens with one attached hydrogen (secondary N) is 1. The average molecular weight is 332 g/mol. The predicted molar refractivity (Wildman–Crippen MR) is 91.0 cm³/mol. The summed E-state index contributed by atoms with van der Waals surface area (Å²) < 4.78 is 19.2. The molecule has 1 aromatic carbocycles. The average Bonchev–Trinajstić information content (AvgIpc) is 2.92. The van der Waals surface area contributed by atoms with Crippen LogP contribution in [0, 0.1) is 12.7 Å². The van der Waals surface area contributed by atoms with Crippen molar-refractivity contribution in [2.24, 2.45) is 5.73 Å². The quantitative estimate of drug-likeness (QED) is 0.747. The molecular formula is C16H17FN4OS. The van der Waals surface area contributed by atoms with E-state index in [4.69, 9.17) is 10.5 Å². The van der Waals surface area contributed by atoms with Gasteiger partial charge in [0.25, 0.3) is 0 Å². The molecule has 0 aliphatic carbocycles. The van der Waals surface area contributed by atoms with Gasteiger partial charge < -0.3 is 15.8 Å². The van der Waals surface area contributed by atoms with Crippen LogP contribution in [-0.2, 0) is 0 Å². The van der Waals surface area contributed by atoms with Crippen LogP contribution >= 0.6 is 11.3 Å². The topological polar surface area (TPSA) is 73.1 Å². The Hall–Kier alpha value is -2.25. The van der Waals surface area contributed by atoms with Crippen molar-refractivity contribution in [2.45, 2.75) is 20.0 Å². The van der Waals surface area contributed by atoms with Crippen LogP contribution in [0.4, 0.5) is 15.9 Å². The number of nitrogens with zero attached hydrogens (tertiary/aromatic N) is 2. The van der Waals surface area contributed by atoms with Gasteiger partial charge in [-0.05, 0) is 36.9 Å². The van der Waals surface area contributed by atoms with Crippen LogP contribution in [-0.4, -0.2) is 22.6 Å². The molecule has 5 nitrogen and oxygen atoms in total. The number of nitrogens with two attached hydrogens (primary N) is 1. The molecule has 2 heterocycles. The van der Waals surface area contributed by atoms with E-state index in [1.165, 1.54) is 18.5 Å². The number of fused-ring (bicyclic) bond motifs is 1. The fourth-order valence-corrected chi connectivity index (χ4v) is 3.09. The lowest BCUT2D eigenvalue weighted by Gasteiger charge is -2.17. The molecule has 2 aromatic heterocycles. The molecule has 0 fully saturated rings. The van der Waals surface area contributed by atoms with Crippen LogP contribution in [0.1, 0.15) is 12.5 Å². The van der Waals surface area contributed by atoms with E-state index < -0.39 is 0 Å². The van der Waals surface area contributed by atoms with Gasteiger partial charge in [0.05, 0.1) is 11.1 Å². The lowest BCUT2D eigenvalue weighted by Crippen LogP contribution is -2.23. The molecule has 0 saturated carbocycles. The fraction of sp³-hybridized carbons (Fsp3) is 0.250. The molecule has 3 aromatic rings. The van der Waals surface area contributed by atoms with E-state index in [2.05, 4.69) is 15.3 Å². The van der Waals surface area contributed by atoms with Gasteiger partial charge in [-0.2, -0.15) is 0 Å². The van der Waals surface area contributed by atoms with Crippen molar-refractivity contribution in [3.63, 3.8) is 0 Å². The largest absolute Gasteiger partial charge is 0.487 e. The molecule has 0 saturated heterocycles. The molecule has 3 rings (SSSR count). The highest BCUT2D eigenvalue weighted by atomic mass is 32.1. The Labute approximate surface area is 137 Å². The summed E-state index contributed by atoms with van der Waals surface area (Å²) in [7, 11) is 0.